The van der Waals surface area contributed by atoms with Gasteiger partial charge in [0.25, 0.3) is 0 Å². The molecule has 0 N–H and O–H groups in total. The minimum Gasteiger partial charge on any atom is -0.264 e. The van der Waals surface area contributed by atoms with Crippen molar-refractivity contribution >= 4 is 43.2 Å². The Morgan fingerprint density at radius 1 is 0.304 bits per heavy atom. The summed E-state index contributed by atoms with van der Waals surface area (Å²) in [5.41, 5.74) is 10.7. The maximum atomic E-state index is 4.47. The topological polar surface area (TPSA) is 25.8 Å². The van der Waals surface area contributed by atoms with Crippen molar-refractivity contribution in [1.82, 2.24) is 9.97 Å². The van der Waals surface area contributed by atoms with E-state index in [-0.39, 0.29) is 0 Å². The van der Waals surface area contributed by atoms with Gasteiger partial charge in [-0.25, -0.2) is 0 Å². The molecule has 0 amide bonds. The van der Waals surface area contributed by atoms with Gasteiger partial charge in [0.1, 0.15) is 0 Å². The molecule has 7 aromatic carbocycles. The van der Waals surface area contributed by atoms with Crippen molar-refractivity contribution in [1.29, 1.82) is 0 Å². The van der Waals surface area contributed by atoms with E-state index in [1.54, 1.807) is 0 Å². The van der Waals surface area contributed by atoms with Crippen LogP contribution in [0, 0.1) is 0 Å². The molecular formula is C44H28N2. The Morgan fingerprint density at radius 2 is 0.804 bits per heavy atom. The van der Waals surface area contributed by atoms with Gasteiger partial charge >= 0.3 is 0 Å². The van der Waals surface area contributed by atoms with Crippen molar-refractivity contribution in [2.75, 3.05) is 0 Å². The predicted octanol–water partition coefficient (Wildman–Crippen LogP) is 11.8. The molecule has 2 aromatic heterocycles. The zero-order valence-electron chi connectivity index (χ0n) is 25.1. The molecule has 0 saturated carbocycles. The van der Waals surface area contributed by atoms with Crippen LogP contribution in [-0.2, 0) is 0 Å². The molecule has 9 aromatic rings. The zero-order valence-corrected chi connectivity index (χ0v) is 25.1. The van der Waals surface area contributed by atoms with Gasteiger partial charge in [-0.2, -0.15) is 0 Å². The molecule has 46 heavy (non-hydrogen) atoms. The first-order chi connectivity index (χ1) is 22.7. The summed E-state index contributed by atoms with van der Waals surface area (Å²) in [6.07, 6.45) is 5.61. The summed E-state index contributed by atoms with van der Waals surface area (Å²) in [6, 6.07) is 55.1. The molecule has 0 spiro atoms. The number of rotatable bonds is 4. The third-order valence-corrected chi connectivity index (χ3v) is 9.14. The Kier molecular flexibility index (Phi) is 6.17. The van der Waals surface area contributed by atoms with Crippen LogP contribution in [0.3, 0.4) is 0 Å². The van der Waals surface area contributed by atoms with Crippen LogP contribution in [0.5, 0.6) is 0 Å². The summed E-state index contributed by atoms with van der Waals surface area (Å²) in [4.78, 5) is 8.72. The lowest BCUT2D eigenvalue weighted by Crippen LogP contribution is -1.85. The zero-order chi connectivity index (χ0) is 30.5. The molecule has 2 heteroatoms. The third kappa shape index (κ3) is 4.68. The van der Waals surface area contributed by atoms with Gasteiger partial charge in [0.15, 0.2) is 0 Å². The summed E-state index contributed by atoms with van der Waals surface area (Å²) in [5, 5.41) is 8.54. The van der Waals surface area contributed by atoms with Crippen molar-refractivity contribution < 1.29 is 0 Å². The highest BCUT2D eigenvalue weighted by Gasteiger charge is 2.09. The summed E-state index contributed by atoms with van der Waals surface area (Å²) < 4.78 is 0. The Hall–Kier alpha value is -6.12. The summed E-state index contributed by atoms with van der Waals surface area (Å²) >= 11 is 0. The Labute approximate surface area is 267 Å². The number of aromatic nitrogens is 2. The van der Waals surface area contributed by atoms with E-state index in [4.69, 9.17) is 0 Å². The van der Waals surface area contributed by atoms with Crippen LogP contribution in [-0.4, -0.2) is 9.97 Å². The van der Waals surface area contributed by atoms with Crippen LogP contribution >= 0.6 is 0 Å². The molecule has 0 aliphatic rings. The predicted molar refractivity (Wildman–Crippen MR) is 194 cm³/mol. The highest BCUT2D eigenvalue weighted by Crippen LogP contribution is 2.35. The van der Waals surface area contributed by atoms with E-state index in [9.17, 15) is 0 Å². The van der Waals surface area contributed by atoms with E-state index in [0.29, 0.717) is 0 Å². The van der Waals surface area contributed by atoms with Crippen LogP contribution in [0.4, 0.5) is 0 Å². The Bertz CT molecular complexity index is 2420. The Balaban J connectivity index is 1.05. The number of nitrogens with zero attached hydrogens (tertiary/aromatic N) is 2. The first-order valence-electron chi connectivity index (χ1n) is 15.6. The first-order valence-corrected chi connectivity index (χ1v) is 15.6. The molecular weight excluding hydrogens is 556 g/mol. The average molecular weight is 585 g/mol. The summed E-state index contributed by atoms with van der Waals surface area (Å²) in [6.45, 7) is 0. The minimum absolute atomic E-state index is 1.02. The van der Waals surface area contributed by atoms with Crippen molar-refractivity contribution in [2.45, 2.75) is 0 Å². The van der Waals surface area contributed by atoms with E-state index < -0.39 is 0 Å². The summed E-state index contributed by atoms with van der Waals surface area (Å²) in [7, 11) is 0. The molecule has 2 nitrogen and oxygen atoms in total. The van der Waals surface area contributed by atoms with Crippen LogP contribution in [0.15, 0.2) is 170 Å². The second kappa shape index (κ2) is 10.8. The summed E-state index contributed by atoms with van der Waals surface area (Å²) in [5.74, 6) is 0. The fourth-order valence-electron chi connectivity index (χ4n) is 6.71. The highest BCUT2D eigenvalue weighted by molar-refractivity contribution is 6.09. The quantitative estimate of drug-likeness (QED) is 0.192. The second-order valence-electron chi connectivity index (χ2n) is 11.9. The van der Waals surface area contributed by atoms with Crippen molar-refractivity contribution in [3.8, 4) is 44.5 Å². The van der Waals surface area contributed by atoms with E-state index in [1.165, 1.54) is 71.4 Å². The number of fused-ring (bicyclic) bond motifs is 5. The number of hydrogen-bond donors (Lipinski definition) is 0. The molecule has 0 radical (unpaired) electrons. The molecule has 0 atom stereocenters. The fraction of sp³-hybridized carbons (Fsp3) is 0. The van der Waals surface area contributed by atoms with E-state index >= 15 is 0 Å². The fourth-order valence-corrected chi connectivity index (χ4v) is 6.71. The van der Waals surface area contributed by atoms with Gasteiger partial charge in [-0.15, -0.1) is 0 Å². The van der Waals surface area contributed by atoms with E-state index in [0.717, 1.165) is 16.3 Å². The van der Waals surface area contributed by atoms with Crippen LogP contribution in [0.25, 0.3) is 87.7 Å². The largest absolute Gasteiger partial charge is 0.264 e. The van der Waals surface area contributed by atoms with Gasteiger partial charge in [0, 0.05) is 29.4 Å². The lowest BCUT2D eigenvalue weighted by molar-refractivity contribution is 1.36. The average Bonchev–Trinajstić information content (AvgIpc) is 3.14. The lowest BCUT2D eigenvalue weighted by atomic mass is 9.93. The molecule has 214 valence electrons. The molecule has 0 aliphatic carbocycles. The van der Waals surface area contributed by atoms with E-state index in [1.807, 2.05) is 24.7 Å². The molecule has 0 saturated heterocycles. The van der Waals surface area contributed by atoms with Crippen LogP contribution in [0.2, 0.25) is 0 Å². The molecule has 0 bridgehead atoms. The number of hydrogen-bond acceptors (Lipinski definition) is 2. The minimum atomic E-state index is 1.02. The molecule has 0 unspecified atom stereocenters. The second-order valence-corrected chi connectivity index (χ2v) is 11.9. The lowest BCUT2D eigenvalue weighted by Gasteiger charge is -2.11. The van der Waals surface area contributed by atoms with Gasteiger partial charge in [-0.3, -0.25) is 9.97 Å². The molecule has 2 heterocycles. The van der Waals surface area contributed by atoms with Gasteiger partial charge in [-0.1, -0.05) is 97.1 Å². The van der Waals surface area contributed by atoms with Crippen molar-refractivity contribution in [2.24, 2.45) is 0 Å². The highest BCUT2D eigenvalue weighted by atomic mass is 14.6. The van der Waals surface area contributed by atoms with Crippen molar-refractivity contribution in [3.05, 3.63) is 170 Å². The third-order valence-electron chi connectivity index (χ3n) is 9.14. The van der Waals surface area contributed by atoms with Crippen molar-refractivity contribution in [3.63, 3.8) is 0 Å². The Morgan fingerprint density at radius 3 is 1.43 bits per heavy atom. The molecule has 9 rings (SSSR count). The number of benzene rings is 7. The van der Waals surface area contributed by atoms with Gasteiger partial charge in [0.05, 0.1) is 5.52 Å². The maximum absolute atomic E-state index is 4.47. The standard InChI is InChI=1S/C44H28N2/c1-4-29(33-9-12-41-28-45-21-19-37(41)24-33)22-30(5-1)34-13-16-42-38(25-34)10-11-39-26-35(14-17-43(39)42)31-6-2-7-32(23-31)36-15-18-44-40(27-36)8-3-20-46-44/h1-28H. The number of pyridine rings is 2. The first kappa shape index (κ1) is 26.3. The SMILES string of the molecule is c1cc(-c2ccc3cnccc3c2)cc(-c2ccc3c(ccc4cc(-c5cccc(-c6ccc7ncccc7c6)c5)ccc43)c2)c1. The monoisotopic (exact) mass is 584 g/mol. The molecule has 0 aliphatic heterocycles. The van der Waals surface area contributed by atoms with E-state index in [2.05, 4.69) is 156 Å². The van der Waals surface area contributed by atoms with Gasteiger partial charge < -0.3 is 0 Å². The smallest absolute Gasteiger partial charge is 0.0702 e. The van der Waals surface area contributed by atoms with Crippen LogP contribution < -0.4 is 0 Å². The van der Waals surface area contributed by atoms with Crippen LogP contribution in [0.1, 0.15) is 0 Å². The molecule has 0 fully saturated rings. The normalized spacial score (nSPS) is 11.5. The van der Waals surface area contributed by atoms with Gasteiger partial charge in [-0.05, 0) is 126 Å². The maximum Gasteiger partial charge on any atom is 0.0702 e. The van der Waals surface area contributed by atoms with Gasteiger partial charge in [0.2, 0.25) is 0 Å².